The lowest BCUT2D eigenvalue weighted by molar-refractivity contribution is 0.411. The van der Waals surface area contributed by atoms with E-state index in [1.165, 1.54) is 0 Å². The normalized spacial score (nSPS) is 10.6. The maximum absolute atomic E-state index is 5.47. The molecule has 1 N–H and O–H groups in total. The van der Waals surface area contributed by atoms with E-state index in [0.717, 1.165) is 45.1 Å². The number of hydrogen-bond donors (Lipinski definition) is 1. The summed E-state index contributed by atoms with van der Waals surface area (Å²) in [6.45, 7) is 4.11. The number of benzene rings is 2. The number of aromatic amines is 1. The van der Waals surface area contributed by atoms with Crippen molar-refractivity contribution in [2.45, 2.75) is 13.8 Å². The van der Waals surface area contributed by atoms with Crippen LogP contribution in [0.5, 0.6) is 11.5 Å². The summed E-state index contributed by atoms with van der Waals surface area (Å²) in [5.41, 5.74) is 5.94. The summed E-state index contributed by atoms with van der Waals surface area (Å²) in [6, 6.07) is 11.9. The standard InChI is InChI=1S/C18H19N3O2/c1-11-9-14(10-16(23-4)12(11)2)18-17(19-21-20-18)13-5-7-15(22-3)8-6-13/h5-10H,1-4H3,(H,19,20,21). The quantitative estimate of drug-likeness (QED) is 0.797. The van der Waals surface area contributed by atoms with Crippen molar-refractivity contribution in [3.63, 3.8) is 0 Å². The fourth-order valence-electron chi connectivity index (χ4n) is 2.56. The van der Waals surface area contributed by atoms with E-state index >= 15 is 0 Å². The van der Waals surface area contributed by atoms with Crippen LogP contribution < -0.4 is 9.47 Å². The molecule has 1 aromatic heterocycles. The summed E-state index contributed by atoms with van der Waals surface area (Å²) in [5.74, 6) is 1.67. The summed E-state index contributed by atoms with van der Waals surface area (Å²) in [6.07, 6.45) is 0. The molecule has 0 amide bonds. The molecule has 0 unspecified atom stereocenters. The van der Waals surface area contributed by atoms with E-state index in [1.54, 1.807) is 14.2 Å². The molecule has 0 aliphatic carbocycles. The van der Waals surface area contributed by atoms with Crippen LogP contribution in [0, 0.1) is 13.8 Å². The topological polar surface area (TPSA) is 60.0 Å². The van der Waals surface area contributed by atoms with E-state index in [-0.39, 0.29) is 0 Å². The monoisotopic (exact) mass is 309 g/mol. The average molecular weight is 309 g/mol. The van der Waals surface area contributed by atoms with Gasteiger partial charge in [-0.05, 0) is 61.4 Å². The van der Waals surface area contributed by atoms with Gasteiger partial charge in [0.1, 0.15) is 17.2 Å². The van der Waals surface area contributed by atoms with Gasteiger partial charge >= 0.3 is 0 Å². The lowest BCUT2D eigenvalue weighted by Crippen LogP contribution is -1.93. The third kappa shape index (κ3) is 2.77. The van der Waals surface area contributed by atoms with Crippen molar-refractivity contribution in [1.29, 1.82) is 0 Å². The molecule has 5 heteroatoms. The molecule has 0 saturated carbocycles. The summed E-state index contributed by atoms with van der Waals surface area (Å²) in [7, 11) is 3.33. The molecule has 0 aliphatic rings. The average Bonchev–Trinajstić information content (AvgIpc) is 3.07. The predicted octanol–water partition coefficient (Wildman–Crippen LogP) is 3.77. The molecule has 2 aromatic carbocycles. The van der Waals surface area contributed by atoms with Crippen LogP contribution in [0.4, 0.5) is 0 Å². The van der Waals surface area contributed by atoms with Crippen molar-refractivity contribution >= 4 is 0 Å². The van der Waals surface area contributed by atoms with Crippen molar-refractivity contribution in [1.82, 2.24) is 15.4 Å². The van der Waals surface area contributed by atoms with Gasteiger partial charge in [0.05, 0.1) is 19.9 Å². The first kappa shape index (κ1) is 15.1. The largest absolute Gasteiger partial charge is 0.497 e. The predicted molar refractivity (Wildman–Crippen MR) is 89.8 cm³/mol. The van der Waals surface area contributed by atoms with Gasteiger partial charge < -0.3 is 9.47 Å². The molecule has 23 heavy (non-hydrogen) atoms. The van der Waals surface area contributed by atoms with Crippen molar-refractivity contribution in [3.8, 4) is 34.0 Å². The summed E-state index contributed by atoms with van der Waals surface area (Å²) in [4.78, 5) is 0. The van der Waals surface area contributed by atoms with E-state index in [2.05, 4.69) is 28.4 Å². The number of nitrogens with zero attached hydrogens (tertiary/aromatic N) is 2. The minimum atomic E-state index is 0.802. The highest BCUT2D eigenvalue weighted by Gasteiger charge is 2.15. The van der Waals surface area contributed by atoms with Gasteiger partial charge in [-0.2, -0.15) is 0 Å². The second kappa shape index (κ2) is 6.12. The first-order valence-electron chi connectivity index (χ1n) is 7.35. The molecule has 0 atom stereocenters. The minimum Gasteiger partial charge on any atom is -0.497 e. The number of methoxy groups -OCH3 is 2. The van der Waals surface area contributed by atoms with Gasteiger partial charge in [0.15, 0.2) is 0 Å². The SMILES string of the molecule is COc1ccc(-c2[nH]nnc2-c2cc(C)c(C)c(OC)c2)cc1. The van der Waals surface area contributed by atoms with Gasteiger partial charge in [-0.25, -0.2) is 0 Å². The molecule has 5 nitrogen and oxygen atoms in total. The second-order valence-corrected chi connectivity index (χ2v) is 5.38. The molecule has 3 rings (SSSR count). The van der Waals surface area contributed by atoms with Crippen LogP contribution >= 0.6 is 0 Å². The Labute approximate surface area is 135 Å². The minimum absolute atomic E-state index is 0.802. The van der Waals surface area contributed by atoms with Crippen molar-refractivity contribution in [3.05, 3.63) is 47.5 Å². The number of rotatable bonds is 4. The molecule has 0 spiro atoms. The first-order chi connectivity index (χ1) is 11.1. The lowest BCUT2D eigenvalue weighted by Gasteiger charge is -2.11. The Balaban J connectivity index is 2.09. The molecular formula is C18H19N3O2. The highest BCUT2D eigenvalue weighted by atomic mass is 16.5. The van der Waals surface area contributed by atoms with E-state index in [1.807, 2.05) is 37.3 Å². The van der Waals surface area contributed by atoms with E-state index in [9.17, 15) is 0 Å². The molecule has 0 aliphatic heterocycles. The molecule has 3 aromatic rings. The second-order valence-electron chi connectivity index (χ2n) is 5.38. The van der Waals surface area contributed by atoms with E-state index < -0.39 is 0 Å². The Kier molecular flexibility index (Phi) is 4.02. The van der Waals surface area contributed by atoms with Gasteiger partial charge in [0.25, 0.3) is 0 Å². The molecule has 0 radical (unpaired) electrons. The highest BCUT2D eigenvalue weighted by molar-refractivity contribution is 5.79. The Morgan fingerprint density at radius 1 is 0.913 bits per heavy atom. The van der Waals surface area contributed by atoms with Gasteiger partial charge in [-0.3, -0.25) is 5.10 Å². The van der Waals surface area contributed by atoms with Gasteiger partial charge in [-0.1, -0.05) is 5.21 Å². The maximum atomic E-state index is 5.47. The Bertz CT molecular complexity index is 823. The molecular weight excluding hydrogens is 290 g/mol. The van der Waals surface area contributed by atoms with Crippen LogP contribution in [0.2, 0.25) is 0 Å². The molecule has 0 bridgehead atoms. The zero-order valence-corrected chi connectivity index (χ0v) is 13.7. The molecule has 1 heterocycles. The van der Waals surface area contributed by atoms with Crippen LogP contribution in [-0.2, 0) is 0 Å². The molecule has 118 valence electrons. The zero-order chi connectivity index (χ0) is 16.4. The third-order valence-electron chi connectivity index (χ3n) is 4.04. The number of ether oxygens (including phenoxy) is 2. The maximum Gasteiger partial charge on any atom is 0.122 e. The van der Waals surface area contributed by atoms with Crippen LogP contribution in [0.25, 0.3) is 22.5 Å². The smallest absolute Gasteiger partial charge is 0.122 e. The van der Waals surface area contributed by atoms with Crippen LogP contribution in [0.15, 0.2) is 36.4 Å². The van der Waals surface area contributed by atoms with Crippen LogP contribution in [-0.4, -0.2) is 29.6 Å². The Morgan fingerprint density at radius 2 is 1.65 bits per heavy atom. The highest BCUT2D eigenvalue weighted by Crippen LogP contribution is 2.33. The molecule has 0 fully saturated rings. The number of aromatic nitrogens is 3. The van der Waals surface area contributed by atoms with Crippen molar-refractivity contribution < 1.29 is 9.47 Å². The van der Waals surface area contributed by atoms with Gasteiger partial charge in [0.2, 0.25) is 0 Å². The lowest BCUT2D eigenvalue weighted by atomic mass is 10.00. The number of hydrogen-bond acceptors (Lipinski definition) is 4. The van der Waals surface area contributed by atoms with Gasteiger partial charge in [-0.15, -0.1) is 5.10 Å². The summed E-state index contributed by atoms with van der Waals surface area (Å²) >= 11 is 0. The zero-order valence-electron chi connectivity index (χ0n) is 13.7. The van der Waals surface area contributed by atoms with E-state index in [0.29, 0.717) is 0 Å². The Hall–Kier alpha value is -2.82. The van der Waals surface area contributed by atoms with E-state index in [4.69, 9.17) is 9.47 Å². The third-order valence-corrected chi connectivity index (χ3v) is 4.04. The van der Waals surface area contributed by atoms with Crippen molar-refractivity contribution in [2.24, 2.45) is 0 Å². The van der Waals surface area contributed by atoms with Crippen LogP contribution in [0.1, 0.15) is 11.1 Å². The summed E-state index contributed by atoms with van der Waals surface area (Å²) in [5, 5.41) is 11.2. The number of H-pyrrole nitrogens is 1. The van der Waals surface area contributed by atoms with Crippen LogP contribution in [0.3, 0.4) is 0 Å². The summed E-state index contributed by atoms with van der Waals surface area (Å²) < 4.78 is 10.7. The van der Waals surface area contributed by atoms with Crippen molar-refractivity contribution in [2.75, 3.05) is 14.2 Å². The fraction of sp³-hybridized carbons (Fsp3) is 0.222. The molecule has 0 saturated heterocycles. The van der Waals surface area contributed by atoms with Gasteiger partial charge in [0, 0.05) is 11.1 Å². The fourth-order valence-corrected chi connectivity index (χ4v) is 2.56. The number of nitrogens with one attached hydrogen (secondary N) is 1. The number of aryl methyl sites for hydroxylation is 1. The Morgan fingerprint density at radius 3 is 2.30 bits per heavy atom. The first-order valence-corrected chi connectivity index (χ1v) is 7.35.